The Labute approximate surface area is 133 Å². The van der Waals surface area contributed by atoms with Gasteiger partial charge in [0.2, 0.25) is 0 Å². The zero-order valence-electron chi connectivity index (χ0n) is 12.7. The van der Waals surface area contributed by atoms with Gasteiger partial charge in [0.15, 0.2) is 6.10 Å². The SMILES string of the molecule is Cc1ccc(C)c(OC(C)C(=O)NNC(=O)c2cccs2)c1. The molecule has 1 heterocycles. The Morgan fingerprint density at radius 1 is 1.18 bits per heavy atom. The Balaban J connectivity index is 1.89. The van der Waals surface area contributed by atoms with Gasteiger partial charge in [-0.3, -0.25) is 20.4 Å². The van der Waals surface area contributed by atoms with Gasteiger partial charge in [-0.05, 0) is 49.4 Å². The van der Waals surface area contributed by atoms with Crippen molar-refractivity contribution in [1.82, 2.24) is 10.9 Å². The third kappa shape index (κ3) is 4.08. The number of hydrogen-bond donors (Lipinski definition) is 2. The molecule has 2 aromatic rings. The fraction of sp³-hybridized carbons (Fsp3) is 0.250. The molecule has 0 saturated carbocycles. The Morgan fingerprint density at radius 3 is 2.64 bits per heavy atom. The van der Waals surface area contributed by atoms with Gasteiger partial charge < -0.3 is 4.74 Å². The molecule has 6 heteroatoms. The van der Waals surface area contributed by atoms with Gasteiger partial charge in [0.25, 0.3) is 11.8 Å². The highest BCUT2D eigenvalue weighted by atomic mass is 32.1. The van der Waals surface area contributed by atoms with E-state index in [1.807, 2.05) is 32.0 Å². The summed E-state index contributed by atoms with van der Waals surface area (Å²) >= 11 is 1.30. The van der Waals surface area contributed by atoms with Crippen molar-refractivity contribution in [2.45, 2.75) is 26.9 Å². The third-order valence-electron chi connectivity index (χ3n) is 3.06. The van der Waals surface area contributed by atoms with Crippen molar-refractivity contribution < 1.29 is 14.3 Å². The fourth-order valence-electron chi connectivity index (χ4n) is 1.77. The number of thiophene rings is 1. The second-order valence-electron chi connectivity index (χ2n) is 4.95. The highest BCUT2D eigenvalue weighted by Crippen LogP contribution is 2.20. The molecule has 1 aromatic heterocycles. The molecular formula is C16H18N2O3S. The van der Waals surface area contributed by atoms with Crippen LogP contribution in [0.5, 0.6) is 5.75 Å². The van der Waals surface area contributed by atoms with Gasteiger partial charge in [-0.15, -0.1) is 11.3 Å². The molecule has 0 saturated heterocycles. The van der Waals surface area contributed by atoms with Gasteiger partial charge in [0.05, 0.1) is 4.88 Å². The quantitative estimate of drug-likeness (QED) is 0.852. The zero-order valence-corrected chi connectivity index (χ0v) is 13.5. The molecule has 22 heavy (non-hydrogen) atoms. The van der Waals surface area contributed by atoms with E-state index >= 15 is 0 Å². The maximum absolute atomic E-state index is 12.0. The molecule has 2 amide bonds. The average molecular weight is 318 g/mol. The van der Waals surface area contributed by atoms with Gasteiger partial charge in [-0.25, -0.2) is 0 Å². The Hall–Kier alpha value is -2.34. The number of carbonyl (C=O) groups excluding carboxylic acids is 2. The summed E-state index contributed by atoms with van der Waals surface area (Å²) in [5.41, 5.74) is 6.74. The lowest BCUT2D eigenvalue weighted by molar-refractivity contribution is -0.128. The highest BCUT2D eigenvalue weighted by molar-refractivity contribution is 7.12. The van der Waals surface area contributed by atoms with Crippen LogP contribution >= 0.6 is 11.3 Å². The lowest BCUT2D eigenvalue weighted by Crippen LogP contribution is -2.47. The first kappa shape index (κ1) is 16.0. The molecule has 1 aromatic carbocycles. The van der Waals surface area contributed by atoms with Crippen molar-refractivity contribution in [1.29, 1.82) is 0 Å². The second-order valence-corrected chi connectivity index (χ2v) is 5.90. The van der Waals surface area contributed by atoms with E-state index in [1.165, 1.54) is 11.3 Å². The van der Waals surface area contributed by atoms with Gasteiger partial charge >= 0.3 is 0 Å². The van der Waals surface area contributed by atoms with E-state index in [0.29, 0.717) is 10.6 Å². The van der Waals surface area contributed by atoms with E-state index in [4.69, 9.17) is 4.74 Å². The fourth-order valence-corrected chi connectivity index (χ4v) is 2.39. The maximum atomic E-state index is 12.0. The van der Waals surface area contributed by atoms with Crippen LogP contribution in [0, 0.1) is 13.8 Å². The first-order valence-electron chi connectivity index (χ1n) is 6.85. The van der Waals surface area contributed by atoms with Crippen molar-refractivity contribution in [3.05, 3.63) is 51.7 Å². The summed E-state index contributed by atoms with van der Waals surface area (Å²) in [6.07, 6.45) is -0.718. The summed E-state index contributed by atoms with van der Waals surface area (Å²) in [5, 5.41) is 1.79. The summed E-state index contributed by atoms with van der Waals surface area (Å²) < 4.78 is 5.65. The van der Waals surface area contributed by atoms with Crippen molar-refractivity contribution >= 4 is 23.2 Å². The lowest BCUT2D eigenvalue weighted by Gasteiger charge is -2.16. The van der Waals surface area contributed by atoms with Gasteiger partial charge in [0, 0.05) is 0 Å². The van der Waals surface area contributed by atoms with E-state index in [9.17, 15) is 9.59 Å². The third-order valence-corrected chi connectivity index (χ3v) is 3.93. The number of hydrogen-bond acceptors (Lipinski definition) is 4. The van der Waals surface area contributed by atoms with Crippen molar-refractivity contribution in [3.63, 3.8) is 0 Å². The van der Waals surface area contributed by atoms with Gasteiger partial charge in [-0.2, -0.15) is 0 Å². The highest BCUT2D eigenvalue weighted by Gasteiger charge is 2.17. The van der Waals surface area contributed by atoms with E-state index in [0.717, 1.165) is 11.1 Å². The molecule has 116 valence electrons. The summed E-state index contributed by atoms with van der Waals surface area (Å²) in [6, 6.07) is 9.25. The predicted octanol–water partition coefficient (Wildman–Crippen LogP) is 2.59. The number of nitrogens with one attached hydrogen (secondary N) is 2. The molecule has 0 bridgehead atoms. The molecule has 2 N–H and O–H groups in total. The summed E-state index contributed by atoms with van der Waals surface area (Å²) in [7, 11) is 0. The van der Waals surface area contributed by atoms with Gasteiger partial charge in [0.1, 0.15) is 5.75 Å². The summed E-state index contributed by atoms with van der Waals surface area (Å²) in [4.78, 5) is 24.2. The number of benzene rings is 1. The minimum absolute atomic E-state index is 0.345. The molecule has 1 unspecified atom stereocenters. The maximum Gasteiger partial charge on any atom is 0.279 e. The minimum atomic E-state index is -0.718. The molecule has 0 aliphatic heterocycles. The Kier molecular flexibility index (Phi) is 5.16. The van der Waals surface area contributed by atoms with Crippen LogP contribution in [-0.4, -0.2) is 17.9 Å². The van der Waals surface area contributed by atoms with Crippen LogP contribution in [0.2, 0.25) is 0 Å². The monoisotopic (exact) mass is 318 g/mol. The first-order chi connectivity index (χ1) is 10.5. The average Bonchev–Trinajstić information content (AvgIpc) is 3.02. The number of carbonyl (C=O) groups is 2. The molecule has 5 nitrogen and oxygen atoms in total. The molecule has 0 aliphatic rings. The van der Waals surface area contributed by atoms with Gasteiger partial charge in [-0.1, -0.05) is 18.2 Å². The molecular weight excluding hydrogens is 300 g/mol. The van der Waals surface area contributed by atoms with E-state index < -0.39 is 12.0 Å². The van der Waals surface area contributed by atoms with E-state index in [1.54, 1.807) is 24.4 Å². The van der Waals surface area contributed by atoms with Crippen LogP contribution in [-0.2, 0) is 4.79 Å². The zero-order chi connectivity index (χ0) is 16.1. The Bertz CT molecular complexity index is 668. The van der Waals surface area contributed by atoms with Crippen LogP contribution in [0.15, 0.2) is 35.7 Å². The molecule has 0 fully saturated rings. The minimum Gasteiger partial charge on any atom is -0.481 e. The standard InChI is InChI=1S/C16H18N2O3S/c1-10-6-7-11(2)13(9-10)21-12(3)15(19)17-18-16(20)14-5-4-8-22-14/h4-9,12H,1-3H3,(H,17,19)(H,18,20). The van der Waals surface area contributed by atoms with Crippen molar-refractivity contribution in [3.8, 4) is 5.75 Å². The van der Waals surface area contributed by atoms with E-state index in [2.05, 4.69) is 10.9 Å². The van der Waals surface area contributed by atoms with E-state index in [-0.39, 0.29) is 5.91 Å². The largest absolute Gasteiger partial charge is 0.481 e. The second kappa shape index (κ2) is 7.09. The summed E-state index contributed by atoms with van der Waals surface area (Å²) in [5.74, 6) is -0.0969. The van der Waals surface area contributed by atoms with Crippen molar-refractivity contribution in [2.24, 2.45) is 0 Å². The molecule has 2 rings (SSSR count). The molecule has 1 atom stereocenters. The van der Waals surface area contributed by atoms with Crippen LogP contribution < -0.4 is 15.6 Å². The molecule has 0 radical (unpaired) electrons. The lowest BCUT2D eigenvalue weighted by atomic mass is 10.1. The number of aryl methyl sites for hydroxylation is 2. The number of hydrazine groups is 1. The Morgan fingerprint density at radius 2 is 1.95 bits per heavy atom. The first-order valence-corrected chi connectivity index (χ1v) is 7.73. The molecule has 0 aliphatic carbocycles. The molecule has 0 spiro atoms. The smallest absolute Gasteiger partial charge is 0.279 e. The normalized spacial score (nSPS) is 11.6. The van der Waals surface area contributed by atoms with Crippen LogP contribution in [0.1, 0.15) is 27.7 Å². The topological polar surface area (TPSA) is 67.4 Å². The number of ether oxygens (including phenoxy) is 1. The predicted molar refractivity (Wildman–Crippen MR) is 85.9 cm³/mol. The van der Waals surface area contributed by atoms with Crippen LogP contribution in [0.25, 0.3) is 0 Å². The van der Waals surface area contributed by atoms with Crippen LogP contribution in [0.3, 0.4) is 0 Å². The van der Waals surface area contributed by atoms with Crippen LogP contribution in [0.4, 0.5) is 0 Å². The number of amides is 2. The summed E-state index contributed by atoms with van der Waals surface area (Å²) in [6.45, 7) is 5.50. The van der Waals surface area contributed by atoms with Crippen molar-refractivity contribution in [2.75, 3.05) is 0 Å². The number of rotatable bonds is 4.